The second kappa shape index (κ2) is 5.94. The summed E-state index contributed by atoms with van der Waals surface area (Å²) in [5, 5.41) is -3.79. The van der Waals surface area contributed by atoms with E-state index in [0.29, 0.717) is 0 Å². The molecule has 12 heteroatoms. The van der Waals surface area contributed by atoms with E-state index in [0.717, 1.165) is 0 Å². The Kier molecular flexibility index (Phi) is 4.32. The van der Waals surface area contributed by atoms with Crippen LogP contribution < -0.4 is 0 Å². The first kappa shape index (κ1) is 17.4. The molecule has 0 atom stereocenters. The van der Waals surface area contributed by atoms with Crippen molar-refractivity contribution >= 4 is 22.7 Å². The number of hydrogen-bond acceptors (Lipinski definition) is 4. The van der Waals surface area contributed by atoms with E-state index in [1.807, 2.05) is 0 Å². The standard InChI is InChI=1S/C12F8O4/c13-5-2-1(3(11(21)23-19)7(15)9(5)17)4(12(22)24-20)8(16)10(18)6(2)14. The Hall–Kier alpha value is -2.92. The molecule has 24 heavy (non-hydrogen) atoms. The third kappa shape index (κ3) is 2.21. The molecule has 0 N–H and O–H groups in total. The van der Waals surface area contributed by atoms with Gasteiger partial charge in [-0.2, -0.15) is 0 Å². The maximum atomic E-state index is 13.7. The normalized spacial score (nSPS) is 10.8. The molecule has 0 amide bonds. The molecule has 0 heterocycles. The van der Waals surface area contributed by atoms with E-state index >= 15 is 0 Å². The van der Waals surface area contributed by atoms with E-state index in [1.54, 1.807) is 0 Å². The monoisotopic (exact) mass is 360 g/mol. The molecule has 2 aromatic rings. The lowest BCUT2D eigenvalue weighted by Crippen LogP contribution is -2.15. The summed E-state index contributed by atoms with van der Waals surface area (Å²) in [5.74, 6) is -20.2. The van der Waals surface area contributed by atoms with Crippen molar-refractivity contribution in [2.24, 2.45) is 0 Å². The fraction of sp³-hybridized carbons (Fsp3) is 0. The lowest BCUT2D eigenvalue weighted by Gasteiger charge is -2.12. The number of rotatable bonds is 2. The predicted octanol–water partition coefficient (Wildman–Crippen LogP) is 3.76. The Balaban J connectivity index is 3.28. The predicted molar refractivity (Wildman–Crippen MR) is 56.7 cm³/mol. The van der Waals surface area contributed by atoms with Crippen LogP contribution in [0.1, 0.15) is 20.7 Å². The summed E-state index contributed by atoms with van der Waals surface area (Å²) in [6.45, 7) is 0. The molecule has 128 valence electrons. The fourth-order valence-corrected chi connectivity index (χ4v) is 2.00. The largest absolute Gasteiger partial charge is 0.383 e. The molecule has 0 saturated carbocycles. The third-order valence-electron chi connectivity index (χ3n) is 2.95. The first-order valence-corrected chi connectivity index (χ1v) is 5.51. The van der Waals surface area contributed by atoms with Crippen LogP contribution in [0.25, 0.3) is 10.8 Å². The van der Waals surface area contributed by atoms with Crippen molar-refractivity contribution in [3.8, 4) is 0 Å². The van der Waals surface area contributed by atoms with Gasteiger partial charge in [0.1, 0.15) is 11.1 Å². The van der Waals surface area contributed by atoms with Crippen LogP contribution >= 0.6 is 0 Å². The minimum atomic E-state index is -2.59. The van der Waals surface area contributed by atoms with Crippen molar-refractivity contribution in [2.75, 3.05) is 0 Å². The average Bonchev–Trinajstić information content (AvgIpc) is 2.57. The van der Waals surface area contributed by atoms with Crippen LogP contribution in [0.2, 0.25) is 0 Å². The van der Waals surface area contributed by atoms with Crippen LogP contribution in [-0.2, 0) is 9.88 Å². The molecule has 2 rings (SSSR count). The van der Waals surface area contributed by atoms with Gasteiger partial charge in [-0.05, 0) is 0 Å². The van der Waals surface area contributed by atoms with Crippen LogP contribution in [0, 0.1) is 34.9 Å². The molecule has 4 nitrogen and oxygen atoms in total. The van der Waals surface area contributed by atoms with E-state index in [4.69, 9.17) is 0 Å². The SMILES string of the molecule is O=C(OF)c1c(F)c(F)c(F)c2c(F)c(F)c(F)c(C(=O)OF)c12. The molecule has 0 unspecified atom stereocenters. The fourth-order valence-electron chi connectivity index (χ4n) is 2.00. The van der Waals surface area contributed by atoms with Gasteiger partial charge in [-0.15, -0.1) is 0 Å². The van der Waals surface area contributed by atoms with Crippen LogP contribution in [-0.4, -0.2) is 11.9 Å². The molecule has 0 saturated heterocycles. The zero-order valence-electron chi connectivity index (χ0n) is 10.7. The smallest absolute Gasteiger partial charge is 0.249 e. The quantitative estimate of drug-likeness (QED) is 0.605. The van der Waals surface area contributed by atoms with Gasteiger partial charge >= 0.3 is 11.9 Å². The van der Waals surface area contributed by atoms with Crippen molar-refractivity contribution < 1.29 is 54.9 Å². The Morgan fingerprint density at radius 3 is 1.17 bits per heavy atom. The highest BCUT2D eigenvalue weighted by Crippen LogP contribution is 2.36. The van der Waals surface area contributed by atoms with Gasteiger partial charge in [0.15, 0.2) is 34.9 Å². The van der Waals surface area contributed by atoms with Gasteiger partial charge in [0, 0.05) is 14.4 Å². The van der Waals surface area contributed by atoms with Crippen molar-refractivity contribution in [3.05, 3.63) is 46.0 Å². The van der Waals surface area contributed by atoms with Crippen LogP contribution in [0.5, 0.6) is 0 Å². The Morgan fingerprint density at radius 1 is 0.542 bits per heavy atom. The van der Waals surface area contributed by atoms with E-state index in [1.165, 1.54) is 0 Å². The Labute approximate surface area is 125 Å². The summed E-state index contributed by atoms with van der Waals surface area (Å²) in [4.78, 5) is 27.4. The lowest BCUT2D eigenvalue weighted by molar-refractivity contribution is -0.0795. The molecular weight excluding hydrogens is 360 g/mol. The van der Waals surface area contributed by atoms with Gasteiger partial charge in [-0.25, -0.2) is 45.8 Å². The summed E-state index contributed by atoms with van der Waals surface area (Å²) in [6.07, 6.45) is 0. The first-order chi connectivity index (χ1) is 11.2. The summed E-state index contributed by atoms with van der Waals surface area (Å²) >= 11 is 0. The van der Waals surface area contributed by atoms with Crippen molar-refractivity contribution in [3.63, 3.8) is 0 Å². The second-order valence-corrected chi connectivity index (χ2v) is 4.11. The van der Waals surface area contributed by atoms with Crippen molar-refractivity contribution in [2.45, 2.75) is 0 Å². The maximum absolute atomic E-state index is 13.7. The Bertz CT molecular complexity index is 826. The van der Waals surface area contributed by atoms with E-state index in [9.17, 15) is 45.0 Å². The number of benzene rings is 2. The highest BCUT2D eigenvalue weighted by molar-refractivity contribution is 6.13. The average molecular weight is 360 g/mol. The van der Waals surface area contributed by atoms with Gasteiger partial charge in [-0.3, -0.25) is 0 Å². The van der Waals surface area contributed by atoms with Gasteiger partial charge in [0.05, 0.1) is 5.39 Å². The van der Waals surface area contributed by atoms with Crippen LogP contribution in [0.4, 0.5) is 35.4 Å². The summed E-state index contributed by atoms with van der Waals surface area (Å²) in [5.41, 5.74) is -4.05. The number of hydrogen-bond donors (Lipinski definition) is 0. The zero-order valence-corrected chi connectivity index (χ0v) is 10.7. The molecule has 0 radical (unpaired) electrons. The molecular formula is C12F8O4. The maximum Gasteiger partial charge on any atom is 0.383 e. The number of fused-ring (bicyclic) bond motifs is 1. The van der Waals surface area contributed by atoms with Crippen molar-refractivity contribution in [1.29, 1.82) is 0 Å². The molecule has 0 aliphatic carbocycles. The van der Waals surface area contributed by atoms with Gasteiger partial charge < -0.3 is 0 Å². The van der Waals surface area contributed by atoms with E-state index < -0.39 is 68.7 Å². The van der Waals surface area contributed by atoms with Crippen LogP contribution in [0.15, 0.2) is 0 Å². The molecule has 0 fully saturated rings. The Morgan fingerprint density at radius 2 is 0.875 bits per heavy atom. The molecule has 0 aliphatic rings. The summed E-state index contributed by atoms with van der Waals surface area (Å²) in [6, 6.07) is 0. The van der Waals surface area contributed by atoms with Crippen molar-refractivity contribution in [1.82, 2.24) is 0 Å². The second-order valence-electron chi connectivity index (χ2n) is 4.11. The van der Waals surface area contributed by atoms with Gasteiger partial charge in [-0.1, -0.05) is 0 Å². The molecule has 0 bridgehead atoms. The number of carbonyl (C=O) groups excluding carboxylic acids is 2. The summed E-state index contributed by atoms with van der Waals surface area (Å²) < 4.78 is 106. The number of carbonyl (C=O) groups is 2. The van der Waals surface area contributed by atoms with Gasteiger partial charge in [0.25, 0.3) is 0 Å². The zero-order chi connectivity index (χ0) is 18.3. The van der Waals surface area contributed by atoms with E-state index in [2.05, 4.69) is 9.88 Å². The molecule has 0 aromatic heterocycles. The topological polar surface area (TPSA) is 52.6 Å². The third-order valence-corrected chi connectivity index (χ3v) is 2.95. The molecule has 0 spiro atoms. The minimum absolute atomic E-state index is 1.83. The first-order valence-electron chi connectivity index (χ1n) is 5.51. The highest BCUT2D eigenvalue weighted by Gasteiger charge is 2.36. The van der Waals surface area contributed by atoms with E-state index in [-0.39, 0.29) is 0 Å². The molecule has 0 aliphatic heterocycles. The highest BCUT2D eigenvalue weighted by atomic mass is 19.3. The molecule has 2 aromatic carbocycles. The van der Waals surface area contributed by atoms with Gasteiger partial charge in [0.2, 0.25) is 0 Å². The van der Waals surface area contributed by atoms with Crippen LogP contribution in [0.3, 0.4) is 0 Å². The minimum Gasteiger partial charge on any atom is -0.249 e. The summed E-state index contributed by atoms with van der Waals surface area (Å²) in [7, 11) is 0. The number of halogens is 8. The lowest BCUT2D eigenvalue weighted by atomic mass is 9.96.